The van der Waals surface area contributed by atoms with Crippen LogP contribution in [-0.4, -0.2) is 28.6 Å². The van der Waals surface area contributed by atoms with E-state index >= 15 is 0 Å². The maximum absolute atomic E-state index is 13.3. The van der Waals surface area contributed by atoms with Gasteiger partial charge in [0.1, 0.15) is 5.82 Å². The van der Waals surface area contributed by atoms with E-state index in [0.717, 1.165) is 11.0 Å². The molecule has 7 nitrogen and oxygen atoms in total. The zero-order chi connectivity index (χ0) is 22.6. The predicted molar refractivity (Wildman–Crippen MR) is 122 cm³/mol. The molecule has 1 aromatic heterocycles. The Balaban J connectivity index is 1.48. The molecule has 0 bridgehead atoms. The lowest BCUT2D eigenvalue weighted by Gasteiger charge is -2.05. The highest BCUT2D eigenvalue weighted by molar-refractivity contribution is 7.95. The fourth-order valence-electron chi connectivity index (χ4n) is 2.92. The zero-order valence-electron chi connectivity index (χ0n) is 16.6. The summed E-state index contributed by atoms with van der Waals surface area (Å²) in [6, 6.07) is 19.6. The number of rotatable bonds is 7. The predicted octanol–water partition coefficient (Wildman–Crippen LogP) is 4.59. The molecule has 0 amide bonds. The van der Waals surface area contributed by atoms with E-state index in [1.54, 1.807) is 36.4 Å². The first-order valence-corrected chi connectivity index (χ1v) is 11.4. The van der Waals surface area contributed by atoms with Gasteiger partial charge in [-0.25, -0.2) is 12.8 Å². The summed E-state index contributed by atoms with van der Waals surface area (Å²) < 4.78 is 40.5. The van der Waals surface area contributed by atoms with Gasteiger partial charge in [0.15, 0.2) is 0 Å². The molecule has 0 radical (unpaired) electrons. The second kappa shape index (κ2) is 9.29. The molecule has 10 heteroatoms. The van der Waals surface area contributed by atoms with Crippen LogP contribution in [0.1, 0.15) is 11.1 Å². The molecule has 0 saturated heterocycles. The van der Waals surface area contributed by atoms with E-state index < -0.39 is 15.8 Å². The second-order valence-electron chi connectivity index (χ2n) is 6.86. The van der Waals surface area contributed by atoms with Crippen LogP contribution in [0.5, 0.6) is 0 Å². The summed E-state index contributed by atoms with van der Waals surface area (Å²) in [6.07, 6.45) is 1.32. The van der Waals surface area contributed by atoms with Gasteiger partial charge >= 0.3 is 0 Å². The largest absolute Gasteiger partial charge is 0.280 e. The van der Waals surface area contributed by atoms with E-state index in [0.29, 0.717) is 34.2 Å². The van der Waals surface area contributed by atoms with Crippen LogP contribution in [0.15, 0.2) is 78.2 Å². The van der Waals surface area contributed by atoms with E-state index in [1.165, 1.54) is 29.1 Å². The van der Waals surface area contributed by atoms with Gasteiger partial charge in [-0.1, -0.05) is 48.0 Å². The number of aromatic nitrogens is 4. The van der Waals surface area contributed by atoms with Gasteiger partial charge in [-0.15, -0.1) is 10.2 Å². The van der Waals surface area contributed by atoms with E-state index in [4.69, 9.17) is 11.6 Å². The van der Waals surface area contributed by atoms with Crippen molar-refractivity contribution in [2.45, 2.75) is 6.54 Å². The SMILES string of the molecule is O=S(=O)(C=Cc1cccc(F)c1)Nc1cccc(-c2nnn(Cc3cccc(Cl)c3)n2)c1. The van der Waals surface area contributed by atoms with Crippen LogP contribution < -0.4 is 4.72 Å². The summed E-state index contributed by atoms with van der Waals surface area (Å²) in [5, 5.41) is 14.0. The summed E-state index contributed by atoms with van der Waals surface area (Å²) in [5.74, 6) is -0.0931. The Kier molecular flexibility index (Phi) is 6.29. The normalized spacial score (nSPS) is 11.7. The van der Waals surface area contributed by atoms with Crippen LogP contribution in [0, 0.1) is 5.82 Å². The Morgan fingerprint density at radius 3 is 2.66 bits per heavy atom. The molecule has 0 aliphatic rings. The van der Waals surface area contributed by atoms with Gasteiger partial charge in [0.2, 0.25) is 5.82 Å². The minimum Gasteiger partial charge on any atom is -0.280 e. The number of nitrogens with one attached hydrogen (secondary N) is 1. The highest BCUT2D eigenvalue weighted by Crippen LogP contribution is 2.20. The standard InChI is InChI=1S/C22H17ClFN5O2S/c23-19-7-1-5-17(12-19)15-29-26-22(25-28-29)18-6-3-9-21(14-18)27-32(30,31)11-10-16-4-2-8-20(24)13-16/h1-14,27H,15H2. The van der Waals surface area contributed by atoms with Crippen LogP contribution in [-0.2, 0) is 16.6 Å². The number of hydrogen-bond acceptors (Lipinski definition) is 5. The van der Waals surface area contributed by atoms with Gasteiger partial charge in [0.25, 0.3) is 10.0 Å². The van der Waals surface area contributed by atoms with Crippen molar-refractivity contribution in [3.8, 4) is 11.4 Å². The van der Waals surface area contributed by atoms with Gasteiger partial charge < -0.3 is 0 Å². The number of halogens is 2. The first kappa shape index (κ1) is 21.7. The molecule has 1 N–H and O–H groups in total. The maximum Gasteiger partial charge on any atom is 0.255 e. The van der Waals surface area contributed by atoms with Crippen molar-refractivity contribution < 1.29 is 12.8 Å². The van der Waals surface area contributed by atoms with Crippen LogP contribution in [0.4, 0.5) is 10.1 Å². The summed E-state index contributed by atoms with van der Waals surface area (Å²) >= 11 is 6.00. The zero-order valence-corrected chi connectivity index (χ0v) is 18.1. The Morgan fingerprint density at radius 1 is 1.03 bits per heavy atom. The average Bonchev–Trinajstić information content (AvgIpc) is 3.21. The first-order chi connectivity index (χ1) is 15.4. The van der Waals surface area contributed by atoms with Crippen molar-refractivity contribution in [1.29, 1.82) is 0 Å². The molecule has 0 aliphatic heterocycles. The number of sulfonamides is 1. The van der Waals surface area contributed by atoms with Crippen molar-refractivity contribution in [3.63, 3.8) is 0 Å². The number of anilines is 1. The lowest BCUT2D eigenvalue weighted by molar-refractivity contribution is 0.573. The van der Waals surface area contributed by atoms with Gasteiger partial charge in [-0.3, -0.25) is 4.72 Å². The lowest BCUT2D eigenvalue weighted by Crippen LogP contribution is -2.08. The van der Waals surface area contributed by atoms with Gasteiger partial charge in [0.05, 0.1) is 12.0 Å². The van der Waals surface area contributed by atoms with Gasteiger partial charge in [-0.05, 0) is 58.8 Å². The molecule has 0 aliphatic carbocycles. The van der Waals surface area contributed by atoms with Crippen molar-refractivity contribution in [3.05, 3.63) is 100 Å². The number of hydrogen-bond donors (Lipinski definition) is 1. The molecule has 4 aromatic rings. The number of tetrazole rings is 1. The van der Waals surface area contributed by atoms with Crippen LogP contribution in [0.25, 0.3) is 17.5 Å². The lowest BCUT2D eigenvalue weighted by atomic mass is 10.2. The summed E-state index contributed by atoms with van der Waals surface area (Å²) in [7, 11) is -3.81. The summed E-state index contributed by atoms with van der Waals surface area (Å²) in [6.45, 7) is 0.394. The molecule has 4 rings (SSSR count). The van der Waals surface area contributed by atoms with Crippen LogP contribution in [0.2, 0.25) is 5.02 Å². The highest BCUT2D eigenvalue weighted by Gasteiger charge is 2.10. The molecule has 0 unspecified atom stereocenters. The minimum atomic E-state index is -3.81. The van der Waals surface area contributed by atoms with E-state index in [9.17, 15) is 12.8 Å². The van der Waals surface area contributed by atoms with E-state index in [1.807, 2.05) is 18.2 Å². The summed E-state index contributed by atoms with van der Waals surface area (Å²) in [5.41, 5.74) is 2.28. The molecule has 32 heavy (non-hydrogen) atoms. The van der Waals surface area contributed by atoms with E-state index in [-0.39, 0.29) is 0 Å². The maximum atomic E-state index is 13.3. The number of benzene rings is 3. The molecule has 0 spiro atoms. The van der Waals surface area contributed by atoms with Gasteiger partial charge in [-0.2, -0.15) is 4.80 Å². The quantitative estimate of drug-likeness (QED) is 0.427. The Bertz CT molecular complexity index is 1390. The van der Waals surface area contributed by atoms with Crippen molar-refractivity contribution in [2.24, 2.45) is 0 Å². The van der Waals surface area contributed by atoms with E-state index in [2.05, 4.69) is 20.1 Å². The topological polar surface area (TPSA) is 89.8 Å². The minimum absolute atomic E-state index is 0.331. The van der Waals surface area contributed by atoms with Gasteiger partial charge in [0, 0.05) is 16.3 Å². The average molecular weight is 470 g/mol. The summed E-state index contributed by atoms with van der Waals surface area (Å²) in [4.78, 5) is 1.43. The molecule has 3 aromatic carbocycles. The fraction of sp³-hybridized carbons (Fsp3) is 0.0455. The second-order valence-corrected chi connectivity index (χ2v) is 8.86. The monoisotopic (exact) mass is 469 g/mol. The third-order valence-corrected chi connectivity index (χ3v) is 5.58. The number of nitrogens with zero attached hydrogens (tertiary/aromatic N) is 4. The third-order valence-electron chi connectivity index (χ3n) is 4.34. The Labute approximate surface area is 189 Å². The highest BCUT2D eigenvalue weighted by atomic mass is 35.5. The molecule has 162 valence electrons. The van der Waals surface area contributed by atoms with Crippen molar-refractivity contribution >= 4 is 33.4 Å². The van der Waals surface area contributed by atoms with Crippen molar-refractivity contribution in [1.82, 2.24) is 20.2 Å². The fourth-order valence-corrected chi connectivity index (χ4v) is 4.00. The molecule has 0 saturated carbocycles. The Hall–Kier alpha value is -3.56. The molecule has 0 fully saturated rings. The van der Waals surface area contributed by atoms with Crippen LogP contribution >= 0.6 is 11.6 Å². The molecule has 1 heterocycles. The first-order valence-electron chi connectivity index (χ1n) is 9.45. The molecule has 0 atom stereocenters. The molecular weight excluding hydrogens is 453 g/mol. The van der Waals surface area contributed by atoms with Crippen LogP contribution in [0.3, 0.4) is 0 Å². The van der Waals surface area contributed by atoms with Crippen molar-refractivity contribution in [2.75, 3.05) is 4.72 Å². The molecular formula is C22H17ClFN5O2S. The Morgan fingerprint density at radius 2 is 1.84 bits per heavy atom. The third kappa shape index (κ3) is 5.77. The smallest absolute Gasteiger partial charge is 0.255 e.